The Kier molecular flexibility index (Phi) is 4.63. The van der Waals surface area contributed by atoms with Gasteiger partial charge >= 0.3 is 0 Å². The van der Waals surface area contributed by atoms with Gasteiger partial charge in [-0.15, -0.1) is 0 Å². The van der Waals surface area contributed by atoms with Gasteiger partial charge in [0.25, 0.3) is 0 Å². The van der Waals surface area contributed by atoms with E-state index in [1.165, 1.54) is 5.56 Å². The smallest absolute Gasteiger partial charge is 0.165 e. The quantitative estimate of drug-likeness (QED) is 0.876. The summed E-state index contributed by atoms with van der Waals surface area (Å²) < 4.78 is 12.5. The molecule has 5 nitrogen and oxygen atoms in total. The lowest BCUT2D eigenvalue weighted by Crippen LogP contribution is -2.13. The predicted molar refractivity (Wildman–Crippen MR) is 78.0 cm³/mol. The molecule has 0 saturated carbocycles. The fourth-order valence-corrected chi connectivity index (χ4v) is 2.28. The van der Waals surface area contributed by atoms with Crippen LogP contribution in [0.3, 0.4) is 0 Å². The van der Waals surface area contributed by atoms with E-state index >= 15 is 0 Å². The molecule has 0 radical (unpaired) electrons. The van der Waals surface area contributed by atoms with Crippen LogP contribution in [-0.2, 0) is 13.5 Å². The number of nitrogens with zero attached hydrogens (tertiary/aromatic N) is 2. The summed E-state index contributed by atoms with van der Waals surface area (Å²) in [5.74, 6) is 1.43. The van der Waals surface area contributed by atoms with Crippen LogP contribution in [0.1, 0.15) is 23.6 Å². The summed E-state index contributed by atoms with van der Waals surface area (Å²) in [6, 6.07) is 5.69. The number of methoxy groups -OCH3 is 2. The first-order valence-electron chi connectivity index (χ1n) is 6.59. The number of aromatic nitrogens is 2. The third-order valence-electron chi connectivity index (χ3n) is 3.34. The van der Waals surface area contributed by atoms with Crippen LogP contribution in [0, 0.1) is 0 Å². The van der Waals surface area contributed by atoms with E-state index in [0.717, 1.165) is 18.4 Å². The van der Waals surface area contributed by atoms with Crippen LogP contribution >= 0.6 is 0 Å². The largest absolute Gasteiger partial charge is 0.493 e. The Bertz CT molecular complexity index is 566. The molecule has 1 aromatic heterocycles. The Balaban J connectivity index is 2.10. The first-order chi connectivity index (χ1) is 9.65. The zero-order valence-electron chi connectivity index (χ0n) is 12.2. The van der Waals surface area contributed by atoms with Crippen LogP contribution < -0.4 is 15.2 Å². The first-order valence-corrected chi connectivity index (χ1v) is 6.59. The molecule has 1 unspecified atom stereocenters. The van der Waals surface area contributed by atoms with Crippen LogP contribution in [0.5, 0.6) is 11.5 Å². The molecule has 1 aromatic carbocycles. The van der Waals surface area contributed by atoms with E-state index in [1.807, 2.05) is 37.6 Å². The van der Waals surface area contributed by atoms with Crippen molar-refractivity contribution >= 4 is 0 Å². The van der Waals surface area contributed by atoms with Crippen LogP contribution in [0.25, 0.3) is 0 Å². The van der Waals surface area contributed by atoms with Crippen molar-refractivity contribution in [2.75, 3.05) is 14.2 Å². The number of hydrogen-bond donors (Lipinski definition) is 1. The van der Waals surface area contributed by atoms with E-state index in [-0.39, 0.29) is 6.04 Å². The molecule has 0 amide bonds. The van der Waals surface area contributed by atoms with Gasteiger partial charge < -0.3 is 15.2 Å². The number of hydrogen-bond acceptors (Lipinski definition) is 4. The summed E-state index contributed by atoms with van der Waals surface area (Å²) in [6.07, 6.45) is 5.59. The van der Waals surface area contributed by atoms with Crippen molar-refractivity contribution in [2.45, 2.75) is 18.9 Å². The monoisotopic (exact) mass is 275 g/mol. The second-order valence-electron chi connectivity index (χ2n) is 4.75. The standard InChI is InChI=1S/C15H21N3O2/c1-18-10-11(9-17-18)7-8-13(16)12-5-4-6-14(19-2)15(12)20-3/h4-6,9-10,13H,7-8,16H2,1-3H3. The number of rotatable bonds is 6. The number of nitrogens with two attached hydrogens (primary N) is 1. The van der Waals surface area contributed by atoms with Crippen molar-refractivity contribution in [1.29, 1.82) is 0 Å². The lowest BCUT2D eigenvalue weighted by atomic mass is 10.00. The molecule has 5 heteroatoms. The molecule has 0 aliphatic carbocycles. The Labute approximate surface area is 119 Å². The van der Waals surface area contributed by atoms with Crippen LogP contribution in [0.2, 0.25) is 0 Å². The lowest BCUT2D eigenvalue weighted by Gasteiger charge is -2.17. The molecule has 2 aromatic rings. The Morgan fingerprint density at radius 3 is 2.70 bits per heavy atom. The van der Waals surface area contributed by atoms with Gasteiger partial charge in [-0.2, -0.15) is 5.10 Å². The van der Waals surface area contributed by atoms with Crippen LogP contribution in [0.4, 0.5) is 0 Å². The molecule has 20 heavy (non-hydrogen) atoms. The average molecular weight is 275 g/mol. The second kappa shape index (κ2) is 6.43. The second-order valence-corrected chi connectivity index (χ2v) is 4.75. The minimum atomic E-state index is -0.0970. The van der Waals surface area contributed by atoms with Gasteiger partial charge in [-0.1, -0.05) is 12.1 Å². The van der Waals surface area contributed by atoms with E-state index in [1.54, 1.807) is 18.9 Å². The zero-order valence-corrected chi connectivity index (χ0v) is 12.2. The fourth-order valence-electron chi connectivity index (χ4n) is 2.28. The number of ether oxygens (including phenoxy) is 2. The van der Waals surface area contributed by atoms with E-state index < -0.39 is 0 Å². The van der Waals surface area contributed by atoms with Crippen LogP contribution in [-0.4, -0.2) is 24.0 Å². The van der Waals surface area contributed by atoms with Gasteiger partial charge in [0.2, 0.25) is 0 Å². The highest BCUT2D eigenvalue weighted by atomic mass is 16.5. The number of benzene rings is 1. The molecule has 0 saturated heterocycles. The van der Waals surface area contributed by atoms with Crippen molar-refractivity contribution < 1.29 is 9.47 Å². The molecule has 1 heterocycles. The van der Waals surface area contributed by atoms with E-state index in [0.29, 0.717) is 11.5 Å². The summed E-state index contributed by atoms with van der Waals surface area (Å²) >= 11 is 0. The van der Waals surface area contributed by atoms with Gasteiger partial charge in [-0.3, -0.25) is 4.68 Å². The lowest BCUT2D eigenvalue weighted by molar-refractivity contribution is 0.349. The van der Waals surface area contributed by atoms with E-state index in [4.69, 9.17) is 15.2 Å². The molecule has 0 aliphatic rings. The summed E-state index contributed by atoms with van der Waals surface area (Å²) in [5.41, 5.74) is 8.44. The molecular weight excluding hydrogens is 254 g/mol. The van der Waals surface area contributed by atoms with Crippen molar-refractivity contribution in [3.8, 4) is 11.5 Å². The molecule has 2 rings (SSSR count). The highest BCUT2D eigenvalue weighted by Gasteiger charge is 2.15. The molecule has 0 spiro atoms. The Morgan fingerprint density at radius 2 is 2.10 bits per heavy atom. The summed E-state index contributed by atoms with van der Waals surface area (Å²) in [4.78, 5) is 0. The normalized spacial score (nSPS) is 12.2. The van der Waals surface area contributed by atoms with Gasteiger partial charge in [0.05, 0.1) is 20.4 Å². The number of aryl methyl sites for hydroxylation is 2. The molecule has 108 valence electrons. The van der Waals surface area contributed by atoms with Crippen molar-refractivity contribution in [2.24, 2.45) is 12.8 Å². The molecular formula is C15H21N3O2. The van der Waals surface area contributed by atoms with E-state index in [9.17, 15) is 0 Å². The minimum absolute atomic E-state index is 0.0970. The average Bonchev–Trinajstić information content (AvgIpc) is 2.89. The van der Waals surface area contributed by atoms with Gasteiger partial charge in [-0.25, -0.2) is 0 Å². The fraction of sp³-hybridized carbons (Fsp3) is 0.400. The Hall–Kier alpha value is -2.01. The van der Waals surface area contributed by atoms with Gasteiger partial charge in [0.1, 0.15) is 0 Å². The summed E-state index contributed by atoms with van der Waals surface area (Å²) in [5, 5.41) is 4.16. The van der Waals surface area contributed by atoms with Gasteiger partial charge in [0.15, 0.2) is 11.5 Å². The van der Waals surface area contributed by atoms with Gasteiger partial charge in [0, 0.05) is 24.8 Å². The first kappa shape index (κ1) is 14.4. The molecule has 2 N–H and O–H groups in total. The Morgan fingerprint density at radius 1 is 1.30 bits per heavy atom. The van der Waals surface area contributed by atoms with Crippen molar-refractivity contribution in [3.05, 3.63) is 41.7 Å². The molecule has 0 bridgehead atoms. The third-order valence-corrected chi connectivity index (χ3v) is 3.34. The topological polar surface area (TPSA) is 62.3 Å². The predicted octanol–water partition coefficient (Wildman–Crippen LogP) is 2.07. The maximum atomic E-state index is 6.29. The third kappa shape index (κ3) is 3.11. The van der Waals surface area contributed by atoms with Crippen LogP contribution in [0.15, 0.2) is 30.6 Å². The summed E-state index contributed by atoms with van der Waals surface area (Å²) in [7, 11) is 5.17. The highest BCUT2D eigenvalue weighted by Crippen LogP contribution is 2.35. The molecule has 0 fully saturated rings. The maximum Gasteiger partial charge on any atom is 0.165 e. The molecule has 1 atom stereocenters. The van der Waals surface area contributed by atoms with E-state index in [2.05, 4.69) is 5.10 Å². The van der Waals surface area contributed by atoms with Crippen molar-refractivity contribution in [3.63, 3.8) is 0 Å². The van der Waals surface area contributed by atoms with Crippen molar-refractivity contribution in [1.82, 2.24) is 9.78 Å². The zero-order chi connectivity index (χ0) is 14.5. The number of para-hydroxylation sites is 1. The summed E-state index contributed by atoms with van der Waals surface area (Å²) in [6.45, 7) is 0. The van der Waals surface area contributed by atoms with Gasteiger partial charge in [-0.05, 0) is 24.5 Å². The minimum Gasteiger partial charge on any atom is -0.493 e. The maximum absolute atomic E-state index is 6.29. The highest BCUT2D eigenvalue weighted by molar-refractivity contribution is 5.48. The SMILES string of the molecule is COc1cccc(C(N)CCc2cnn(C)c2)c1OC. The molecule has 0 aliphatic heterocycles.